The van der Waals surface area contributed by atoms with E-state index in [0.29, 0.717) is 5.89 Å². The van der Waals surface area contributed by atoms with Gasteiger partial charge in [-0.2, -0.15) is 4.98 Å². The Morgan fingerprint density at radius 1 is 1.11 bits per heavy atom. The number of nitrogens with zero attached hydrogens (tertiary/aromatic N) is 3. The van der Waals surface area contributed by atoms with Crippen LogP contribution >= 0.6 is 0 Å². The van der Waals surface area contributed by atoms with Crippen LogP contribution in [0.15, 0.2) is 58.2 Å². The highest BCUT2D eigenvalue weighted by Crippen LogP contribution is 2.24. The monoisotopic (exact) mass is 253 g/mol. The van der Waals surface area contributed by atoms with Gasteiger partial charge >= 0.3 is 0 Å². The van der Waals surface area contributed by atoms with Crippen LogP contribution in [0, 0.1) is 0 Å². The van der Waals surface area contributed by atoms with Crippen molar-refractivity contribution in [3.05, 3.63) is 59.3 Å². The quantitative estimate of drug-likeness (QED) is 0.701. The van der Waals surface area contributed by atoms with Crippen LogP contribution in [0.3, 0.4) is 0 Å². The van der Waals surface area contributed by atoms with Gasteiger partial charge in [-0.15, -0.1) is 0 Å². The molecular weight excluding hydrogens is 242 g/mol. The second-order valence-corrected chi connectivity index (χ2v) is 4.19. The molecule has 5 heteroatoms. The second-order valence-electron chi connectivity index (χ2n) is 4.19. The highest BCUT2D eigenvalue weighted by atomic mass is 16.5. The Kier molecular flexibility index (Phi) is 2.72. The van der Waals surface area contributed by atoms with Crippen LogP contribution in [0.2, 0.25) is 0 Å². The number of aryl methyl sites for hydroxylation is 1. The van der Waals surface area contributed by atoms with Gasteiger partial charge < -0.3 is 9.09 Å². The summed E-state index contributed by atoms with van der Waals surface area (Å²) in [6.45, 7) is 0. The van der Waals surface area contributed by atoms with Gasteiger partial charge in [-0.3, -0.25) is 4.79 Å². The Balaban J connectivity index is 2.08. The minimum Gasteiger partial charge on any atom is -0.334 e. The third-order valence-corrected chi connectivity index (χ3v) is 2.89. The highest BCUT2D eigenvalue weighted by molar-refractivity contribution is 5.68. The van der Waals surface area contributed by atoms with E-state index in [2.05, 4.69) is 10.1 Å². The van der Waals surface area contributed by atoms with Gasteiger partial charge in [-0.05, 0) is 29.3 Å². The second kappa shape index (κ2) is 4.53. The van der Waals surface area contributed by atoms with Crippen LogP contribution in [-0.4, -0.2) is 14.7 Å². The standard InChI is InChI=1S/C14H11N3O2/c1-17-8-12(5-6-13(17)18)10-3-2-4-11(7-10)14-15-9-16-19-14/h2-9H,1H3. The molecule has 5 nitrogen and oxygen atoms in total. The number of pyridine rings is 1. The largest absolute Gasteiger partial charge is 0.334 e. The summed E-state index contributed by atoms with van der Waals surface area (Å²) in [7, 11) is 1.73. The van der Waals surface area contributed by atoms with Gasteiger partial charge in [0.05, 0.1) is 0 Å². The van der Waals surface area contributed by atoms with Crippen molar-refractivity contribution in [2.45, 2.75) is 0 Å². The molecule has 2 aromatic heterocycles. The lowest BCUT2D eigenvalue weighted by molar-refractivity contribution is 0.430. The molecule has 2 heterocycles. The van der Waals surface area contributed by atoms with Crippen molar-refractivity contribution in [1.82, 2.24) is 14.7 Å². The van der Waals surface area contributed by atoms with Gasteiger partial charge in [0, 0.05) is 24.9 Å². The molecule has 0 N–H and O–H groups in total. The summed E-state index contributed by atoms with van der Waals surface area (Å²) in [5.74, 6) is 0.478. The molecule has 0 atom stereocenters. The molecule has 0 saturated heterocycles. The lowest BCUT2D eigenvalue weighted by Gasteiger charge is -2.05. The normalized spacial score (nSPS) is 10.6. The summed E-state index contributed by atoms with van der Waals surface area (Å²) in [5.41, 5.74) is 2.77. The summed E-state index contributed by atoms with van der Waals surface area (Å²) in [4.78, 5) is 15.4. The van der Waals surface area contributed by atoms with Crippen LogP contribution in [-0.2, 0) is 7.05 Å². The van der Waals surface area contributed by atoms with Crippen molar-refractivity contribution < 1.29 is 4.52 Å². The number of benzene rings is 1. The van der Waals surface area contributed by atoms with E-state index in [4.69, 9.17) is 4.52 Å². The fourth-order valence-corrected chi connectivity index (χ4v) is 1.90. The predicted octanol–water partition coefficient (Wildman–Crippen LogP) is 2.10. The predicted molar refractivity (Wildman–Crippen MR) is 70.4 cm³/mol. The minimum atomic E-state index is -0.0307. The zero-order valence-corrected chi connectivity index (χ0v) is 10.3. The van der Waals surface area contributed by atoms with Gasteiger partial charge in [0.25, 0.3) is 5.89 Å². The van der Waals surface area contributed by atoms with E-state index in [1.165, 1.54) is 6.33 Å². The molecule has 0 amide bonds. The van der Waals surface area contributed by atoms with Gasteiger partial charge in [-0.25, -0.2) is 0 Å². The van der Waals surface area contributed by atoms with Gasteiger partial charge in [0.2, 0.25) is 5.56 Å². The van der Waals surface area contributed by atoms with Crippen molar-refractivity contribution in [3.63, 3.8) is 0 Å². The van der Waals surface area contributed by atoms with E-state index < -0.39 is 0 Å². The summed E-state index contributed by atoms with van der Waals surface area (Å²) < 4.78 is 6.59. The number of hydrogen-bond acceptors (Lipinski definition) is 4. The maximum absolute atomic E-state index is 11.4. The van der Waals surface area contributed by atoms with Crippen molar-refractivity contribution in [1.29, 1.82) is 0 Å². The van der Waals surface area contributed by atoms with Crippen molar-refractivity contribution in [2.24, 2.45) is 7.05 Å². The molecule has 0 unspecified atom stereocenters. The molecule has 0 bridgehead atoms. The Bertz CT molecular complexity index is 760. The third kappa shape index (κ3) is 2.18. The molecule has 3 rings (SSSR count). The van der Waals surface area contributed by atoms with Crippen LogP contribution in [0.5, 0.6) is 0 Å². The van der Waals surface area contributed by atoms with Crippen molar-refractivity contribution in [2.75, 3.05) is 0 Å². The molecule has 0 fully saturated rings. The first-order valence-corrected chi connectivity index (χ1v) is 5.78. The maximum Gasteiger partial charge on any atom is 0.257 e. The highest BCUT2D eigenvalue weighted by Gasteiger charge is 2.06. The topological polar surface area (TPSA) is 60.9 Å². The first kappa shape index (κ1) is 11.4. The molecule has 94 valence electrons. The molecule has 19 heavy (non-hydrogen) atoms. The first-order valence-electron chi connectivity index (χ1n) is 5.78. The lowest BCUT2D eigenvalue weighted by atomic mass is 10.0. The van der Waals surface area contributed by atoms with E-state index in [1.807, 2.05) is 24.3 Å². The smallest absolute Gasteiger partial charge is 0.257 e. The van der Waals surface area contributed by atoms with Crippen molar-refractivity contribution >= 4 is 0 Å². The van der Waals surface area contributed by atoms with Crippen LogP contribution < -0.4 is 5.56 Å². The minimum absolute atomic E-state index is 0.0307. The molecule has 0 aliphatic carbocycles. The van der Waals surface area contributed by atoms with Gasteiger partial charge in [0.1, 0.15) is 0 Å². The molecule has 0 aliphatic rings. The molecular formula is C14H11N3O2. The van der Waals surface area contributed by atoms with Gasteiger partial charge in [-0.1, -0.05) is 17.3 Å². The van der Waals surface area contributed by atoms with E-state index in [-0.39, 0.29) is 5.56 Å². The summed E-state index contributed by atoms with van der Waals surface area (Å²) in [6, 6.07) is 11.1. The average molecular weight is 253 g/mol. The Labute approximate surface area is 109 Å². The third-order valence-electron chi connectivity index (χ3n) is 2.89. The fraction of sp³-hybridized carbons (Fsp3) is 0.0714. The van der Waals surface area contributed by atoms with E-state index in [9.17, 15) is 4.79 Å². The van der Waals surface area contributed by atoms with E-state index in [1.54, 1.807) is 29.9 Å². The average Bonchev–Trinajstić information content (AvgIpc) is 2.96. The first-order chi connectivity index (χ1) is 9.24. The molecule has 0 radical (unpaired) electrons. The van der Waals surface area contributed by atoms with Crippen LogP contribution in [0.25, 0.3) is 22.6 Å². The summed E-state index contributed by atoms with van der Waals surface area (Å²) in [6.07, 6.45) is 3.17. The Morgan fingerprint density at radius 2 is 1.95 bits per heavy atom. The van der Waals surface area contributed by atoms with Gasteiger partial charge in [0.15, 0.2) is 6.33 Å². The Hall–Kier alpha value is -2.69. The van der Waals surface area contributed by atoms with E-state index in [0.717, 1.165) is 16.7 Å². The zero-order chi connectivity index (χ0) is 13.2. The fourth-order valence-electron chi connectivity index (χ4n) is 1.90. The van der Waals surface area contributed by atoms with Crippen LogP contribution in [0.4, 0.5) is 0 Å². The maximum atomic E-state index is 11.4. The summed E-state index contributed by atoms with van der Waals surface area (Å²) in [5, 5.41) is 3.60. The van der Waals surface area contributed by atoms with E-state index >= 15 is 0 Å². The molecule has 0 spiro atoms. The zero-order valence-electron chi connectivity index (χ0n) is 10.3. The number of rotatable bonds is 2. The molecule has 1 aromatic carbocycles. The summed E-state index contributed by atoms with van der Waals surface area (Å²) >= 11 is 0. The number of aromatic nitrogens is 3. The molecule has 0 saturated carbocycles. The number of hydrogen-bond donors (Lipinski definition) is 0. The van der Waals surface area contributed by atoms with Crippen molar-refractivity contribution in [3.8, 4) is 22.6 Å². The van der Waals surface area contributed by atoms with Crippen LogP contribution in [0.1, 0.15) is 0 Å². The lowest BCUT2D eigenvalue weighted by Crippen LogP contribution is -2.13. The molecule has 0 aliphatic heterocycles. The Morgan fingerprint density at radius 3 is 2.68 bits per heavy atom. The SMILES string of the molecule is Cn1cc(-c2cccc(-c3ncno3)c2)ccc1=O. The molecule has 3 aromatic rings.